The van der Waals surface area contributed by atoms with Gasteiger partial charge >= 0.3 is 7.68 Å². The average Bonchev–Trinajstić information content (AvgIpc) is 1.78. The fourth-order valence-corrected chi connectivity index (χ4v) is 1.84. The quantitative estimate of drug-likeness (QED) is 0.500. The maximum atomic E-state index is 12.3. The minimum Gasteiger partial charge on any atom is -0.337 e. The Morgan fingerprint density at radius 2 is 2.22 bits per heavy atom. The van der Waals surface area contributed by atoms with Gasteiger partial charge in [-0.15, -0.1) is 0 Å². The van der Waals surface area contributed by atoms with Gasteiger partial charge < -0.3 is 4.74 Å². The van der Waals surface area contributed by atoms with Crippen molar-refractivity contribution in [3.05, 3.63) is 0 Å². The summed E-state index contributed by atoms with van der Waals surface area (Å²) in [5.74, 6) is -1.01. The van der Waals surface area contributed by atoms with Crippen LogP contribution in [0.2, 0.25) is 0 Å². The van der Waals surface area contributed by atoms with E-state index in [9.17, 15) is 8.76 Å². The molecule has 0 aromatic heterocycles. The van der Waals surface area contributed by atoms with Crippen molar-refractivity contribution in [2.75, 3.05) is 6.35 Å². The molecule has 1 unspecified atom stereocenters. The average molecular weight is 154 g/mol. The molecule has 0 aromatic carbocycles. The molecule has 0 bridgehead atoms. The molecule has 0 spiro atoms. The van der Waals surface area contributed by atoms with Crippen LogP contribution in [-0.2, 0) is 13.8 Å². The molecule has 3 nitrogen and oxygen atoms in total. The first-order valence-electron chi connectivity index (χ1n) is 2.55. The highest BCUT2D eigenvalue weighted by atomic mass is 31.2. The maximum Gasteiger partial charge on any atom is 0.394 e. The van der Waals surface area contributed by atoms with Gasteiger partial charge in [0, 0.05) is 0 Å². The minimum atomic E-state index is -3.89. The molecule has 0 N–H and O–H groups in total. The molecule has 0 amide bonds. The third-order valence-corrected chi connectivity index (χ3v) is 2.07. The summed E-state index contributed by atoms with van der Waals surface area (Å²) in [6.45, 7) is 3.04. The topological polar surface area (TPSA) is 35.5 Å². The lowest BCUT2D eigenvalue weighted by atomic mass is 10.4. The van der Waals surface area contributed by atoms with Crippen molar-refractivity contribution in [2.45, 2.75) is 19.6 Å². The lowest BCUT2D eigenvalue weighted by Gasteiger charge is -2.12. The van der Waals surface area contributed by atoms with Crippen molar-refractivity contribution >= 4 is 7.68 Å². The van der Waals surface area contributed by atoms with Crippen LogP contribution in [0.5, 0.6) is 0 Å². The number of hydrogen-bond acceptors (Lipinski definition) is 3. The highest BCUT2D eigenvalue weighted by Gasteiger charge is 2.41. The third-order valence-electron chi connectivity index (χ3n) is 0.923. The van der Waals surface area contributed by atoms with Gasteiger partial charge in [0.15, 0.2) is 12.1 Å². The van der Waals surface area contributed by atoms with E-state index in [0.29, 0.717) is 0 Å². The van der Waals surface area contributed by atoms with E-state index in [4.69, 9.17) is 4.74 Å². The Morgan fingerprint density at radius 3 is 2.33 bits per heavy atom. The Hall–Kier alpha value is 0.0800. The molecule has 1 aliphatic rings. The monoisotopic (exact) mass is 154 g/mol. The number of ether oxygens (including phenoxy) is 1. The van der Waals surface area contributed by atoms with Gasteiger partial charge in [0.25, 0.3) is 0 Å². The Labute approximate surface area is 52.7 Å². The summed E-state index contributed by atoms with van der Waals surface area (Å²) in [6, 6.07) is 0. The van der Waals surface area contributed by atoms with Crippen LogP contribution in [0.25, 0.3) is 0 Å². The van der Waals surface area contributed by atoms with Gasteiger partial charge in [-0.05, 0) is 13.8 Å². The van der Waals surface area contributed by atoms with E-state index < -0.39 is 19.8 Å². The molecule has 0 radical (unpaired) electrons. The van der Waals surface area contributed by atoms with Crippen molar-refractivity contribution < 1.29 is 18.0 Å². The van der Waals surface area contributed by atoms with Crippen LogP contribution in [0.1, 0.15) is 13.8 Å². The van der Waals surface area contributed by atoms with E-state index >= 15 is 0 Å². The van der Waals surface area contributed by atoms with Gasteiger partial charge in [-0.3, -0.25) is 9.09 Å². The first kappa shape index (κ1) is 7.19. The van der Waals surface area contributed by atoms with Gasteiger partial charge in [-0.25, -0.2) is 0 Å². The summed E-state index contributed by atoms with van der Waals surface area (Å²) >= 11 is 0. The molecule has 1 atom stereocenters. The Morgan fingerprint density at radius 1 is 1.67 bits per heavy atom. The summed E-state index contributed by atoms with van der Waals surface area (Å²) in [5, 5.41) is 0. The van der Waals surface area contributed by atoms with Crippen LogP contribution in [0.3, 0.4) is 0 Å². The first-order valence-corrected chi connectivity index (χ1v) is 4.25. The molecule has 1 heterocycles. The van der Waals surface area contributed by atoms with Crippen LogP contribution < -0.4 is 0 Å². The lowest BCUT2D eigenvalue weighted by Crippen LogP contribution is -2.18. The molecule has 0 aliphatic carbocycles. The standard InChI is InChI=1S/C4H8FO3P/c1-4(2)7-3-9(5,6)8-4/h3H2,1-2H3. The van der Waals surface area contributed by atoms with Crippen LogP contribution in [0, 0.1) is 0 Å². The van der Waals surface area contributed by atoms with Gasteiger partial charge in [-0.1, -0.05) is 0 Å². The summed E-state index contributed by atoms with van der Waals surface area (Å²) in [7, 11) is -3.89. The van der Waals surface area contributed by atoms with Crippen LogP contribution in [0.15, 0.2) is 0 Å². The number of halogens is 1. The zero-order chi connectivity index (χ0) is 7.12. The third kappa shape index (κ3) is 1.75. The van der Waals surface area contributed by atoms with Crippen molar-refractivity contribution in [3.63, 3.8) is 0 Å². The molecular weight excluding hydrogens is 146 g/mol. The molecule has 54 valence electrons. The zero-order valence-electron chi connectivity index (χ0n) is 5.26. The van der Waals surface area contributed by atoms with Crippen LogP contribution in [-0.4, -0.2) is 12.1 Å². The number of hydrogen-bond donors (Lipinski definition) is 0. The molecule has 0 saturated carbocycles. The highest BCUT2D eigenvalue weighted by molar-refractivity contribution is 7.53. The summed E-state index contributed by atoms with van der Waals surface area (Å²) in [6.07, 6.45) is -0.417. The van der Waals surface area contributed by atoms with Crippen molar-refractivity contribution in [1.82, 2.24) is 0 Å². The highest BCUT2D eigenvalue weighted by Crippen LogP contribution is 2.57. The second kappa shape index (κ2) is 1.78. The fraction of sp³-hybridized carbons (Fsp3) is 1.00. The predicted octanol–water partition coefficient (Wildman–Crippen LogP) is 1.89. The van der Waals surface area contributed by atoms with Gasteiger partial charge in [0.05, 0.1) is 0 Å². The van der Waals surface area contributed by atoms with E-state index in [0.717, 1.165) is 0 Å². The largest absolute Gasteiger partial charge is 0.394 e. The first-order chi connectivity index (χ1) is 3.91. The normalized spacial score (nSPS) is 41.2. The van der Waals surface area contributed by atoms with E-state index in [-0.39, 0.29) is 0 Å². The summed E-state index contributed by atoms with van der Waals surface area (Å²) in [4.78, 5) is 0. The van der Waals surface area contributed by atoms with E-state index in [1.807, 2.05) is 0 Å². The smallest absolute Gasteiger partial charge is 0.337 e. The van der Waals surface area contributed by atoms with Crippen molar-refractivity contribution in [2.24, 2.45) is 0 Å². The second-order valence-electron chi connectivity index (χ2n) is 2.35. The van der Waals surface area contributed by atoms with Crippen LogP contribution in [0.4, 0.5) is 4.20 Å². The van der Waals surface area contributed by atoms with Gasteiger partial charge in [0.2, 0.25) is 0 Å². The molecule has 5 heteroatoms. The van der Waals surface area contributed by atoms with Gasteiger partial charge in [-0.2, -0.15) is 4.20 Å². The Balaban J connectivity index is 2.69. The van der Waals surface area contributed by atoms with Gasteiger partial charge in [0.1, 0.15) is 0 Å². The number of rotatable bonds is 0. The molecule has 0 aromatic rings. The van der Waals surface area contributed by atoms with Crippen molar-refractivity contribution in [1.29, 1.82) is 0 Å². The molecule has 1 rings (SSSR count). The Bertz CT molecular complexity index is 167. The lowest BCUT2D eigenvalue weighted by molar-refractivity contribution is -0.105. The molecular formula is C4H8FO3P. The maximum absolute atomic E-state index is 12.3. The fourth-order valence-electron chi connectivity index (χ4n) is 0.614. The summed E-state index contributed by atoms with van der Waals surface area (Å²) < 4.78 is 31.8. The molecule has 1 aliphatic heterocycles. The van der Waals surface area contributed by atoms with Crippen LogP contribution >= 0.6 is 7.68 Å². The molecule has 1 saturated heterocycles. The SMILES string of the molecule is CC1(C)OCP(=O)(F)O1. The molecule has 1 fully saturated rings. The second-order valence-corrected chi connectivity index (χ2v) is 3.98. The van der Waals surface area contributed by atoms with E-state index in [1.165, 1.54) is 13.8 Å². The summed E-state index contributed by atoms with van der Waals surface area (Å²) in [5.41, 5.74) is 0. The predicted molar refractivity (Wildman–Crippen MR) is 29.8 cm³/mol. The minimum absolute atomic E-state index is 0.417. The van der Waals surface area contributed by atoms with E-state index in [1.54, 1.807) is 0 Å². The van der Waals surface area contributed by atoms with Crippen molar-refractivity contribution in [3.8, 4) is 0 Å². The molecule has 9 heavy (non-hydrogen) atoms. The zero-order valence-corrected chi connectivity index (χ0v) is 6.15. The Kier molecular flexibility index (Phi) is 1.42. The van der Waals surface area contributed by atoms with E-state index in [2.05, 4.69) is 4.52 Å².